The van der Waals surface area contributed by atoms with Crippen molar-refractivity contribution in [3.63, 3.8) is 0 Å². The largest absolute Gasteiger partial charge is 0.467 e. The van der Waals surface area contributed by atoms with Gasteiger partial charge in [0.05, 0.1) is 24.7 Å². The Labute approximate surface area is 145 Å². The second-order valence-corrected chi connectivity index (χ2v) is 5.55. The van der Waals surface area contributed by atoms with Gasteiger partial charge in [-0.05, 0) is 36.2 Å². The summed E-state index contributed by atoms with van der Waals surface area (Å²) in [6.45, 7) is 0.564. The number of hydrogen-bond acceptors (Lipinski definition) is 4. The monoisotopic (exact) mass is 340 g/mol. The van der Waals surface area contributed by atoms with E-state index in [1.54, 1.807) is 23.0 Å². The van der Waals surface area contributed by atoms with E-state index in [4.69, 9.17) is 4.42 Å². The minimum absolute atomic E-state index is 0.0886. The van der Waals surface area contributed by atoms with Gasteiger partial charge in [0, 0.05) is 12.7 Å². The Balaban J connectivity index is 1.39. The molecule has 7 nitrogen and oxygen atoms in total. The zero-order valence-corrected chi connectivity index (χ0v) is 13.6. The minimum atomic E-state index is -0.857. The van der Waals surface area contributed by atoms with Crippen LogP contribution >= 0.6 is 0 Å². The summed E-state index contributed by atoms with van der Waals surface area (Å²) in [6.07, 6.45) is 5.02. The molecule has 1 aromatic carbocycles. The summed E-state index contributed by atoms with van der Waals surface area (Å²) in [6, 6.07) is 12.8. The van der Waals surface area contributed by atoms with Gasteiger partial charge in [-0.2, -0.15) is 5.10 Å². The van der Waals surface area contributed by atoms with Gasteiger partial charge in [0.1, 0.15) is 11.9 Å². The molecule has 0 aliphatic rings. The number of aliphatic hydroxyl groups is 1. The number of nitrogens with one attached hydrogen (secondary N) is 2. The minimum Gasteiger partial charge on any atom is -0.467 e. The molecule has 2 amide bonds. The van der Waals surface area contributed by atoms with Crippen molar-refractivity contribution in [2.24, 2.45) is 0 Å². The van der Waals surface area contributed by atoms with E-state index in [9.17, 15) is 9.90 Å². The quantitative estimate of drug-likeness (QED) is 0.614. The molecule has 3 rings (SSSR count). The number of furan rings is 1. The van der Waals surface area contributed by atoms with Crippen LogP contribution in [0, 0.1) is 0 Å². The van der Waals surface area contributed by atoms with E-state index < -0.39 is 6.10 Å². The molecular formula is C18H20N4O3. The molecule has 0 spiro atoms. The molecule has 3 aromatic rings. The van der Waals surface area contributed by atoms with Crippen LogP contribution in [0.1, 0.15) is 17.4 Å². The third kappa shape index (κ3) is 4.71. The SMILES string of the molecule is O=C(NCCc1cnn(-c2ccccc2)c1)NCC(O)c1ccco1. The van der Waals surface area contributed by atoms with Crippen LogP contribution in [0.25, 0.3) is 5.69 Å². The average molecular weight is 340 g/mol. The fraction of sp³-hybridized carbons (Fsp3) is 0.222. The Kier molecular flexibility index (Phi) is 5.48. The zero-order valence-electron chi connectivity index (χ0n) is 13.6. The highest BCUT2D eigenvalue weighted by molar-refractivity contribution is 5.73. The van der Waals surface area contributed by atoms with Crippen LogP contribution in [0.4, 0.5) is 4.79 Å². The lowest BCUT2D eigenvalue weighted by atomic mass is 10.2. The van der Waals surface area contributed by atoms with Crippen LogP contribution in [0.3, 0.4) is 0 Å². The summed E-state index contributed by atoms with van der Waals surface area (Å²) in [7, 11) is 0. The molecule has 1 atom stereocenters. The molecular weight excluding hydrogens is 320 g/mol. The molecule has 2 aromatic heterocycles. The Hall–Kier alpha value is -3.06. The number of aliphatic hydroxyl groups excluding tert-OH is 1. The van der Waals surface area contributed by atoms with Crippen molar-refractivity contribution in [3.05, 3.63) is 72.4 Å². The lowest BCUT2D eigenvalue weighted by Crippen LogP contribution is -2.38. The highest BCUT2D eigenvalue weighted by Gasteiger charge is 2.11. The topological polar surface area (TPSA) is 92.3 Å². The summed E-state index contributed by atoms with van der Waals surface area (Å²) in [5.74, 6) is 0.425. The Morgan fingerprint density at radius 3 is 2.80 bits per heavy atom. The Bertz CT molecular complexity index is 784. The van der Waals surface area contributed by atoms with Gasteiger partial charge < -0.3 is 20.2 Å². The highest BCUT2D eigenvalue weighted by Crippen LogP contribution is 2.11. The van der Waals surface area contributed by atoms with E-state index in [0.29, 0.717) is 18.7 Å². The van der Waals surface area contributed by atoms with E-state index in [1.807, 2.05) is 36.5 Å². The molecule has 0 radical (unpaired) electrons. The highest BCUT2D eigenvalue weighted by atomic mass is 16.4. The molecule has 25 heavy (non-hydrogen) atoms. The maximum absolute atomic E-state index is 11.7. The number of para-hydroxylation sites is 1. The van der Waals surface area contributed by atoms with Gasteiger partial charge in [0.25, 0.3) is 0 Å². The number of benzene rings is 1. The van der Waals surface area contributed by atoms with Gasteiger partial charge in [-0.25, -0.2) is 9.48 Å². The predicted octanol–water partition coefficient (Wildman–Crippen LogP) is 2.04. The number of carbonyl (C=O) groups is 1. The van der Waals surface area contributed by atoms with Crippen molar-refractivity contribution in [3.8, 4) is 5.69 Å². The van der Waals surface area contributed by atoms with Crippen LogP contribution in [-0.2, 0) is 6.42 Å². The molecule has 0 saturated heterocycles. The van der Waals surface area contributed by atoms with Crippen LogP contribution < -0.4 is 10.6 Å². The van der Waals surface area contributed by atoms with Gasteiger partial charge >= 0.3 is 6.03 Å². The van der Waals surface area contributed by atoms with E-state index in [-0.39, 0.29) is 12.6 Å². The van der Waals surface area contributed by atoms with Crippen molar-refractivity contribution in [1.29, 1.82) is 0 Å². The van der Waals surface area contributed by atoms with Crippen molar-refractivity contribution in [1.82, 2.24) is 20.4 Å². The molecule has 1 unspecified atom stereocenters. The number of aromatic nitrogens is 2. The first kappa shape index (κ1) is 16.8. The van der Waals surface area contributed by atoms with E-state index in [2.05, 4.69) is 15.7 Å². The van der Waals surface area contributed by atoms with Gasteiger partial charge in [0.2, 0.25) is 0 Å². The maximum atomic E-state index is 11.7. The third-order valence-electron chi connectivity index (χ3n) is 3.68. The first-order chi connectivity index (χ1) is 12.2. The summed E-state index contributed by atoms with van der Waals surface area (Å²) in [4.78, 5) is 11.7. The predicted molar refractivity (Wildman–Crippen MR) is 92.3 cm³/mol. The molecule has 0 fully saturated rings. The fourth-order valence-electron chi connectivity index (χ4n) is 2.36. The van der Waals surface area contributed by atoms with Gasteiger partial charge in [0.15, 0.2) is 0 Å². The van der Waals surface area contributed by atoms with Gasteiger partial charge in [-0.3, -0.25) is 0 Å². The smallest absolute Gasteiger partial charge is 0.314 e. The van der Waals surface area contributed by atoms with E-state index in [0.717, 1.165) is 11.3 Å². The lowest BCUT2D eigenvalue weighted by Gasteiger charge is -2.10. The number of carbonyl (C=O) groups excluding carboxylic acids is 1. The van der Waals surface area contributed by atoms with Crippen LogP contribution in [0.2, 0.25) is 0 Å². The molecule has 7 heteroatoms. The summed E-state index contributed by atoms with van der Waals surface area (Å²) in [5.41, 5.74) is 2.02. The van der Waals surface area contributed by atoms with Crippen molar-refractivity contribution < 1.29 is 14.3 Å². The molecule has 0 aliphatic carbocycles. The first-order valence-corrected chi connectivity index (χ1v) is 8.04. The summed E-state index contributed by atoms with van der Waals surface area (Å²) >= 11 is 0. The summed E-state index contributed by atoms with van der Waals surface area (Å²) in [5, 5.41) is 19.5. The van der Waals surface area contributed by atoms with Gasteiger partial charge in [-0.15, -0.1) is 0 Å². The second-order valence-electron chi connectivity index (χ2n) is 5.55. The van der Waals surface area contributed by atoms with Crippen molar-refractivity contribution in [2.75, 3.05) is 13.1 Å². The number of hydrogen-bond donors (Lipinski definition) is 3. The van der Waals surface area contributed by atoms with Gasteiger partial charge in [-0.1, -0.05) is 18.2 Å². The molecule has 0 bridgehead atoms. The standard InChI is InChI=1S/C18H20N4O3/c23-16(17-7-4-10-25-17)12-20-18(24)19-9-8-14-11-21-22(13-14)15-5-2-1-3-6-15/h1-7,10-11,13,16,23H,8-9,12H2,(H2,19,20,24). The Morgan fingerprint density at radius 1 is 1.20 bits per heavy atom. The molecule has 130 valence electrons. The second kappa shape index (κ2) is 8.16. The van der Waals surface area contributed by atoms with Crippen LogP contribution in [0.15, 0.2) is 65.5 Å². The maximum Gasteiger partial charge on any atom is 0.314 e. The van der Waals surface area contributed by atoms with E-state index >= 15 is 0 Å². The van der Waals surface area contributed by atoms with Crippen LogP contribution in [-0.4, -0.2) is 34.0 Å². The Morgan fingerprint density at radius 2 is 2.04 bits per heavy atom. The summed E-state index contributed by atoms with van der Waals surface area (Å²) < 4.78 is 6.88. The zero-order chi connectivity index (χ0) is 17.5. The first-order valence-electron chi connectivity index (χ1n) is 8.04. The third-order valence-corrected chi connectivity index (χ3v) is 3.68. The van der Waals surface area contributed by atoms with Crippen LogP contribution in [0.5, 0.6) is 0 Å². The lowest BCUT2D eigenvalue weighted by molar-refractivity contribution is 0.148. The average Bonchev–Trinajstić information content (AvgIpc) is 3.32. The molecule has 0 saturated carbocycles. The molecule has 2 heterocycles. The molecule has 3 N–H and O–H groups in total. The number of nitrogens with zero attached hydrogens (tertiary/aromatic N) is 2. The normalized spacial score (nSPS) is 11.9. The number of urea groups is 1. The number of rotatable bonds is 7. The van der Waals surface area contributed by atoms with E-state index in [1.165, 1.54) is 6.26 Å². The van der Waals surface area contributed by atoms with Crippen molar-refractivity contribution >= 4 is 6.03 Å². The fourth-order valence-corrected chi connectivity index (χ4v) is 2.36. The molecule has 0 aliphatic heterocycles. The number of amides is 2. The van der Waals surface area contributed by atoms with Crippen molar-refractivity contribution in [2.45, 2.75) is 12.5 Å².